The first-order valence-electron chi connectivity index (χ1n) is 9.52. The minimum absolute atomic E-state index is 0.118. The number of halogens is 1. The van der Waals surface area contributed by atoms with Crippen LogP contribution in [0.2, 0.25) is 0 Å². The van der Waals surface area contributed by atoms with Gasteiger partial charge in [0, 0.05) is 41.8 Å². The van der Waals surface area contributed by atoms with Gasteiger partial charge in [-0.2, -0.15) is 0 Å². The number of ether oxygens (including phenoxy) is 1. The highest BCUT2D eigenvalue weighted by Crippen LogP contribution is 2.43. The third-order valence-electron chi connectivity index (χ3n) is 5.54. The molecular weight excluding hydrogens is 420 g/mol. The number of anilines is 2. The van der Waals surface area contributed by atoms with E-state index in [0.29, 0.717) is 0 Å². The van der Waals surface area contributed by atoms with Gasteiger partial charge < -0.3 is 15.0 Å². The number of nitrogens with one attached hydrogen (secondary N) is 1. The SMILES string of the molecule is C[C@@H]1CN(c2ccc(NC(=O)C3(c4cccc(Br)c4)CC(=O)C3)cc2)CCO1. The van der Waals surface area contributed by atoms with Gasteiger partial charge in [-0.15, -0.1) is 0 Å². The van der Waals surface area contributed by atoms with E-state index in [1.54, 1.807) is 0 Å². The van der Waals surface area contributed by atoms with Gasteiger partial charge in [-0.05, 0) is 48.9 Å². The summed E-state index contributed by atoms with van der Waals surface area (Å²) in [6, 6.07) is 15.5. The summed E-state index contributed by atoms with van der Waals surface area (Å²) in [5.74, 6) is -0.00939. The smallest absolute Gasteiger partial charge is 0.235 e. The van der Waals surface area contributed by atoms with Crippen molar-refractivity contribution < 1.29 is 14.3 Å². The Labute approximate surface area is 173 Å². The van der Waals surface area contributed by atoms with Gasteiger partial charge in [0.1, 0.15) is 5.78 Å². The number of nitrogens with zero attached hydrogens (tertiary/aromatic N) is 1. The second kappa shape index (κ2) is 7.68. The molecule has 28 heavy (non-hydrogen) atoms. The van der Waals surface area contributed by atoms with Crippen molar-refractivity contribution in [3.8, 4) is 0 Å². The molecule has 1 atom stereocenters. The normalized spacial score (nSPS) is 21.1. The Morgan fingerprint density at radius 1 is 1.21 bits per heavy atom. The first-order valence-corrected chi connectivity index (χ1v) is 10.3. The van der Waals surface area contributed by atoms with E-state index in [1.165, 1.54) is 0 Å². The van der Waals surface area contributed by atoms with E-state index >= 15 is 0 Å². The van der Waals surface area contributed by atoms with Crippen molar-refractivity contribution in [3.05, 3.63) is 58.6 Å². The predicted molar refractivity (Wildman–Crippen MR) is 113 cm³/mol. The number of amides is 1. The highest BCUT2D eigenvalue weighted by atomic mass is 79.9. The molecule has 2 aliphatic rings. The second-order valence-electron chi connectivity index (χ2n) is 7.61. The van der Waals surface area contributed by atoms with Crippen LogP contribution in [-0.4, -0.2) is 37.5 Å². The molecule has 1 N–H and O–H groups in total. The molecule has 4 rings (SSSR count). The number of morpholine rings is 1. The molecule has 1 amide bonds. The lowest BCUT2D eigenvalue weighted by atomic mass is 9.63. The molecule has 146 valence electrons. The largest absolute Gasteiger partial charge is 0.375 e. The number of carbonyl (C=O) groups is 2. The average molecular weight is 443 g/mol. The van der Waals surface area contributed by atoms with Crippen molar-refractivity contribution >= 4 is 39.0 Å². The van der Waals surface area contributed by atoms with E-state index in [-0.39, 0.29) is 30.6 Å². The van der Waals surface area contributed by atoms with Crippen LogP contribution in [0.15, 0.2) is 53.0 Å². The zero-order valence-electron chi connectivity index (χ0n) is 15.8. The van der Waals surface area contributed by atoms with E-state index in [0.717, 1.165) is 41.1 Å². The molecule has 1 aliphatic heterocycles. The summed E-state index contributed by atoms with van der Waals surface area (Å²) in [7, 11) is 0. The monoisotopic (exact) mass is 442 g/mol. The molecule has 0 aromatic heterocycles. The van der Waals surface area contributed by atoms with E-state index in [4.69, 9.17) is 4.74 Å². The minimum Gasteiger partial charge on any atom is -0.375 e. The molecule has 0 spiro atoms. The van der Waals surface area contributed by atoms with Crippen molar-refractivity contribution in [2.75, 3.05) is 29.9 Å². The van der Waals surface area contributed by atoms with Crippen LogP contribution < -0.4 is 10.2 Å². The maximum atomic E-state index is 13.1. The molecular formula is C22H23BrN2O3. The Balaban J connectivity index is 1.50. The Morgan fingerprint density at radius 2 is 1.96 bits per heavy atom. The number of benzene rings is 2. The van der Waals surface area contributed by atoms with E-state index in [1.807, 2.05) is 48.5 Å². The van der Waals surface area contributed by atoms with Crippen molar-refractivity contribution in [1.82, 2.24) is 0 Å². The molecule has 5 nitrogen and oxygen atoms in total. The van der Waals surface area contributed by atoms with Crippen molar-refractivity contribution in [3.63, 3.8) is 0 Å². The van der Waals surface area contributed by atoms with Crippen molar-refractivity contribution in [2.45, 2.75) is 31.3 Å². The molecule has 0 unspecified atom stereocenters. The van der Waals surface area contributed by atoms with E-state index < -0.39 is 5.41 Å². The minimum atomic E-state index is -0.779. The maximum absolute atomic E-state index is 13.1. The summed E-state index contributed by atoms with van der Waals surface area (Å²) in [5.41, 5.74) is 1.95. The molecule has 2 aromatic rings. The number of Topliss-reactive ketones (excluding diaryl/α,β-unsaturated/α-hetero) is 1. The molecule has 1 heterocycles. The van der Waals surface area contributed by atoms with Gasteiger partial charge in [-0.25, -0.2) is 0 Å². The first kappa shape index (κ1) is 19.2. The fourth-order valence-corrected chi connectivity index (χ4v) is 4.36. The van der Waals surface area contributed by atoms with Crippen LogP contribution in [0.1, 0.15) is 25.3 Å². The van der Waals surface area contributed by atoms with Gasteiger partial charge in [0.2, 0.25) is 5.91 Å². The Hall–Kier alpha value is -2.18. The highest BCUT2D eigenvalue weighted by Gasteiger charge is 2.51. The zero-order valence-corrected chi connectivity index (χ0v) is 17.4. The van der Waals surface area contributed by atoms with Crippen LogP contribution in [0.4, 0.5) is 11.4 Å². The van der Waals surface area contributed by atoms with Gasteiger partial charge in [-0.1, -0.05) is 28.1 Å². The van der Waals surface area contributed by atoms with Gasteiger partial charge in [0.15, 0.2) is 0 Å². The van der Waals surface area contributed by atoms with Gasteiger partial charge in [0.05, 0.1) is 18.1 Å². The lowest BCUT2D eigenvalue weighted by Crippen LogP contribution is -2.51. The third kappa shape index (κ3) is 3.71. The Bertz CT molecular complexity index is 889. The fourth-order valence-electron chi connectivity index (χ4n) is 3.96. The van der Waals surface area contributed by atoms with E-state index in [9.17, 15) is 9.59 Å². The van der Waals surface area contributed by atoms with Gasteiger partial charge >= 0.3 is 0 Å². The topological polar surface area (TPSA) is 58.6 Å². The molecule has 0 radical (unpaired) electrons. The summed E-state index contributed by atoms with van der Waals surface area (Å²) < 4.78 is 6.50. The molecule has 2 aromatic carbocycles. The van der Waals surface area contributed by atoms with Crippen LogP contribution >= 0.6 is 15.9 Å². The Morgan fingerprint density at radius 3 is 2.61 bits per heavy atom. The number of hydrogen-bond acceptors (Lipinski definition) is 4. The van der Waals surface area contributed by atoms with Gasteiger partial charge in [0.25, 0.3) is 0 Å². The predicted octanol–water partition coefficient (Wildman–Crippen LogP) is 3.91. The standard InChI is InChI=1S/C22H23BrN2O3/c1-15-14-25(9-10-28-15)19-7-5-18(6-8-19)24-21(27)22(12-20(26)13-22)16-3-2-4-17(23)11-16/h2-8,11,15H,9-10,12-14H2,1H3,(H,24,27)/t15-/m1/s1. The third-order valence-corrected chi connectivity index (χ3v) is 6.03. The lowest BCUT2D eigenvalue weighted by molar-refractivity contribution is -0.138. The van der Waals surface area contributed by atoms with Crippen LogP contribution in [0.25, 0.3) is 0 Å². The van der Waals surface area contributed by atoms with Crippen LogP contribution in [-0.2, 0) is 19.7 Å². The molecule has 1 saturated heterocycles. The van der Waals surface area contributed by atoms with Crippen LogP contribution in [0.5, 0.6) is 0 Å². The lowest BCUT2D eigenvalue weighted by Gasteiger charge is -2.39. The fraction of sp³-hybridized carbons (Fsp3) is 0.364. The summed E-state index contributed by atoms with van der Waals surface area (Å²) in [5, 5.41) is 3.01. The number of carbonyl (C=O) groups excluding carboxylic acids is 2. The summed E-state index contributed by atoms with van der Waals surface area (Å²) in [6.07, 6.45) is 0.715. The van der Waals surface area contributed by atoms with Gasteiger partial charge in [-0.3, -0.25) is 9.59 Å². The van der Waals surface area contributed by atoms with E-state index in [2.05, 4.69) is 33.1 Å². The summed E-state index contributed by atoms with van der Waals surface area (Å²) >= 11 is 3.46. The van der Waals surface area contributed by atoms with Crippen LogP contribution in [0, 0.1) is 0 Å². The highest BCUT2D eigenvalue weighted by molar-refractivity contribution is 9.10. The molecule has 6 heteroatoms. The summed E-state index contributed by atoms with van der Waals surface area (Å²) in [4.78, 5) is 27.2. The second-order valence-corrected chi connectivity index (χ2v) is 8.53. The average Bonchev–Trinajstić information content (AvgIpc) is 2.66. The van der Waals surface area contributed by atoms with Crippen LogP contribution in [0.3, 0.4) is 0 Å². The maximum Gasteiger partial charge on any atom is 0.235 e. The Kier molecular flexibility index (Phi) is 5.25. The molecule has 0 bridgehead atoms. The molecule has 1 saturated carbocycles. The number of ketones is 1. The molecule has 2 fully saturated rings. The quantitative estimate of drug-likeness (QED) is 0.779. The molecule has 1 aliphatic carbocycles. The summed E-state index contributed by atoms with van der Waals surface area (Å²) in [6.45, 7) is 4.52. The number of hydrogen-bond donors (Lipinski definition) is 1. The zero-order chi connectivity index (χ0) is 19.7. The van der Waals surface area contributed by atoms with Crippen molar-refractivity contribution in [1.29, 1.82) is 0 Å². The van der Waals surface area contributed by atoms with Crippen molar-refractivity contribution in [2.24, 2.45) is 0 Å². The number of rotatable bonds is 4. The first-order chi connectivity index (χ1) is 13.5.